The fourth-order valence-electron chi connectivity index (χ4n) is 5.67. The molecule has 0 amide bonds. The molecule has 0 bridgehead atoms. The van der Waals surface area contributed by atoms with Gasteiger partial charge in [0.05, 0.1) is 0 Å². The number of hydrogen-bond acceptors (Lipinski definition) is 1. The second-order valence-corrected chi connectivity index (χ2v) is 15.3. The number of rotatable bonds is 6. The Morgan fingerprint density at radius 3 is 1.74 bits per heavy atom. The molecule has 27 heavy (non-hydrogen) atoms. The van der Waals surface area contributed by atoms with Gasteiger partial charge < -0.3 is 0 Å². The molecule has 3 heterocycles. The molecule has 0 nitrogen and oxygen atoms in total. The Morgan fingerprint density at radius 1 is 0.741 bits per heavy atom. The highest BCUT2D eigenvalue weighted by Gasteiger charge is 2.42. The van der Waals surface area contributed by atoms with E-state index < -0.39 is 0 Å². The van der Waals surface area contributed by atoms with Gasteiger partial charge in [-0.3, -0.25) is 0 Å². The van der Waals surface area contributed by atoms with Crippen molar-refractivity contribution in [2.75, 3.05) is 0 Å². The monoisotopic (exact) mass is 418 g/mol. The topological polar surface area (TPSA) is 0 Å². The van der Waals surface area contributed by atoms with Gasteiger partial charge in [-0.2, -0.15) is 0 Å². The summed E-state index contributed by atoms with van der Waals surface area (Å²) in [5, 5.41) is 3.56. The maximum Gasteiger partial charge on any atom is 0.0372 e. The molecule has 4 unspecified atom stereocenters. The van der Waals surface area contributed by atoms with E-state index >= 15 is 0 Å². The van der Waals surface area contributed by atoms with Crippen molar-refractivity contribution in [1.29, 1.82) is 0 Å². The third-order valence-electron chi connectivity index (χ3n) is 7.17. The Balaban J connectivity index is 1.89. The molecule has 3 heteroatoms. The minimum atomic E-state index is 0.0116. The highest BCUT2D eigenvalue weighted by molar-refractivity contribution is 7.79. The molecule has 2 fully saturated rings. The Morgan fingerprint density at radius 2 is 1.22 bits per heavy atom. The van der Waals surface area contributed by atoms with E-state index in [0.717, 1.165) is 22.6 Å². The normalized spacial score (nSPS) is 33.9. The molecule has 0 aliphatic carbocycles. The average Bonchev–Trinajstić information content (AvgIpc) is 3.40. The van der Waals surface area contributed by atoms with Gasteiger partial charge in [0, 0.05) is 20.0 Å². The molecule has 2 saturated heterocycles. The lowest BCUT2D eigenvalue weighted by Crippen LogP contribution is -2.27. The van der Waals surface area contributed by atoms with Crippen LogP contribution in [0.15, 0.2) is 24.3 Å². The van der Waals surface area contributed by atoms with Gasteiger partial charge in [0.2, 0.25) is 0 Å². The predicted octanol–water partition coefficient (Wildman–Crippen LogP) is 7.82. The molecule has 0 radical (unpaired) electrons. The fraction of sp³-hybridized carbons (Fsp3) is 0.667. The first-order valence-corrected chi connectivity index (χ1v) is 15.1. The zero-order valence-corrected chi connectivity index (χ0v) is 20.2. The van der Waals surface area contributed by atoms with Gasteiger partial charge in [-0.25, -0.2) is 0 Å². The van der Waals surface area contributed by atoms with E-state index in [1.807, 2.05) is 9.92 Å². The van der Waals surface area contributed by atoms with E-state index in [2.05, 4.69) is 63.3 Å². The van der Waals surface area contributed by atoms with E-state index in [0.29, 0.717) is 0 Å². The van der Waals surface area contributed by atoms with Crippen LogP contribution in [0.3, 0.4) is 0 Å². The summed E-state index contributed by atoms with van der Waals surface area (Å²) in [6.45, 7) is 9.82. The summed E-state index contributed by atoms with van der Waals surface area (Å²) >= 11 is 2.22. The molecular formula is C24H36P2S. The van der Waals surface area contributed by atoms with Crippen LogP contribution in [0.5, 0.6) is 0 Å². The number of benzene rings is 1. The van der Waals surface area contributed by atoms with Crippen molar-refractivity contribution in [2.45, 2.75) is 102 Å². The third-order valence-corrected chi connectivity index (χ3v) is 16.7. The number of fused-ring (bicyclic) bond motifs is 1. The van der Waals surface area contributed by atoms with Crippen LogP contribution in [-0.4, -0.2) is 22.6 Å². The highest BCUT2D eigenvalue weighted by Crippen LogP contribution is 2.63. The largest absolute Gasteiger partial charge is 0.135 e. The Hall–Kier alpha value is 0.0400. The zero-order chi connectivity index (χ0) is 19.0. The fourth-order valence-corrected chi connectivity index (χ4v) is 16.3. The van der Waals surface area contributed by atoms with Crippen LogP contribution in [0.25, 0.3) is 10.1 Å². The van der Waals surface area contributed by atoms with E-state index in [1.54, 1.807) is 10.1 Å². The Bertz CT molecular complexity index is 743. The molecule has 148 valence electrons. The molecule has 0 N–H and O–H groups in total. The molecule has 2 aromatic rings. The van der Waals surface area contributed by atoms with Crippen LogP contribution >= 0.6 is 27.2 Å². The summed E-state index contributed by atoms with van der Waals surface area (Å²) in [4.78, 5) is 0. The summed E-state index contributed by atoms with van der Waals surface area (Å²) in [5.41, 5.74) is 3.91. The van der Waals surface area contributed by atoms with Gasteiger partial charge in [0.1, 0.15) is 0 Å². The predicted molar refractivity (Wildman–Crippen MR) is 130 cm³/mol. The maximum absolute atomic E-state index is 2.47. The molecule has 4 atom stereocenters. The van der Waals surface area contributed by atoms with E-state index in [1.165, 1.54) is 51.4 Å². The lowest BCUT2D eigenvalue weighted by Gasteiger charge is -2.30. The van der Waals surface area contributed by atoms with E-state index in [9.17, 15) is 0 Å². The summed E-state index contributed by atoms with van der Waals surface area (Å²) < 4.78 is 3.49. The Kier molecular flexibility index (Phi) is 6.63. The first kappa shape index (κ1) is 20.3. The van der Waals surface area contributed by atoms with Crippen molar-refractivity contribution in [3.8, 4) is 0 Å². The first-order chi connectivity index (χ1) is 13.2. The molecule has 1 aromatic carbocycles. The van der Waals surface area contributed by atoms with E-state index in [4.69, 9.17) is 0 Å². The second kappa shape index (κ2) is 8.81. The van der Waals surface area contributed by atoms with Crippen molar-refractivity contribution in [2.24, 2.45) is 0 Å². The lowest BCUT2D eigenvalue weighted by molar-refractivity contribution is 0.696. The summed E-state index contributed by atoms with van der Waals surface area (Å²) in [7, 11) is 0.0472. The molecule has 0 saturated carbocycles. The van der Waals surface area contributed by atoms with Crippen LogP contribution in [0.2, 0.25) is 0 Å². The number of hydrogen-bond donors (Lipinski definition) is 0. The zero-order valence-electron chi connectivity index (χ0n) is 17.6. The number of thiophene rings is 1. The SMILES string of the molecule is CCC1CCC(CC)P1c1sc2ccccc2c1P1C(CC)CCC1CC. The summed E-state index contributed by atoms with van der Waals surface area (Å²) in [6, 6.07) is 9.44. The van der Waals surface area contributed by atoms with Gasteiger partial charge in [0.15, 0.2) is 0 Å². The second-order valence-electron chi connectivity index (χ2n) is 8.47. The first-order valence-electron chi connectivity index (χ1n) is 11.3. The summed E-state index contributed by atoms with van der Waals surface area (Å²) in [6.07, 6.45) is 11.5. The van der Waals surface area contributed by atoms with Crippen LogP contribution in [0.1, 0.15) is 79.1 Å². The quantitative estimate of drug-likeness (QED) is 0.420. The van der Waals surface area contributed by atoms with Crippen molar-refractivity contribution in [3.63, 3.8) is 0 Å². The van der Waals surface area contributed by atoms with Gasteiger partial charge in [-0.15, -0.1) is 11.3 Å². The molecule has 1 aromatic heterocycles. The van der Waals surface area contributed by atoms with Crippen molar-refractivity contribution in [3.05, 3.63) is 24.3 Å². The van der Waals surface area contributed by atoms with Crippen molar-refractivity contribution >= 4 is 47.2 Å². The minimum Gasteiger partial charge on any atom is -0.135 e. The molecular weight excluding hydrogens is 382 g/mol. The molecule has 2 aliphatic rings. The third kappa shape index (κ3) is 3.56. The molecule has 2 aliphatic heterocycles. The lowest BCUT2D eigenvalue weighted by atomic mass is 10.1. The van der Waals surface area contributed by atoms with Crippen molar-refractivity contribution < 1.29 is 0 Å². The standard InChI is InChI=1S/C24H36P2S/c1-5-17-13-14-18(6-2)25(17)23-21-11-9-10-12-22(21)27-24(23)26-19(7-3)15-16-20(26)8-4/h9-12,17-20H,5-8,13-16H2,1-4H3. The van der Waals surface area contributed by atoms with Crippen LogP contribution in [0.4, 0.5) is 0 Å². The van der Waals surface area contributed by atoms with Gasteiger partial charge in [-0.1, -0.05) is 61.7 Å². The average molecular weight is 419 g/mol. The van der Waals surface area contributed by atoms with E-state index in [-0.39, 0.29) is 15.8 Å². The van der Waals surface area contributed by atoms with Gasteiger partial charge in [0.25, 0.3) is 0 Å². The Labute approximate surface area is 173 Å². The molecule has 4 rings (SSSR count). The van der Waals surface area contributed by atoms with Crippen LogP contribution < -0.4 is 9.92 Å². The summed E-state index contributed by atoms with van der Waals surface area (Å²) in [5.74, 6) is 0. The smallest absolute Gasteiger partial charge is 0.0372 e. The highest BCUT2D eigenvalue weighted by atomic mass is 32.1. The van der Waals surface area contributed by atoms with Crippen molar-refractivity contribution in [1.82, 2.24) is 0 Å². The minimum absolute atomic E-state index is 0.0116. The molecule has 0 spiro atoms. The van der Waals surface area contributed by atoms with Gasteiger partial charge >= 0.3 is 0 Å². The van der Waals surface area contributed by atoms with Gasteiger partial charge in [-0.05, 0) is 80.1 Å². The van der Waals surface area contributed by atoms with Crippen LogP contribution in [0, 0.1) is 0 Å². The van der Waals surface area contributed by atoms with Crippen LogP contribution in [-0.2, 0) is 0 Å². The maximum atomic E-state index is 2.47.